The lowest BCUT2D eigenvalue weighted by Gasteiger charge is -2.21. The standard InChI is InChI=1S/C19H23NO3S/c1-13-9-10-14(2)17(11-13)23-12-15-7-5-6-8-16(15)18(22-4)19(21)20(3)24/h5-11,18,24H,12H2,1-4H3. The third-order valence-electron chi connectivity index (χ3n) is 3.84. The molecule has 2 aromatic rings. The predicted molar refractivity (Wildman–Crippen MR) is 98.2 cm³/mol. The van der Waals surface area contributed by atoms with Crippen LogP contribution in [-0.2, 0) is 16.1 Å². The third kappa shape index (κ3) is 4.30. The molecule has 1 unspecified atom stereocenters. The molecule has 128 valence electrons. The first-order valence-electron chi connectivity index (χ1n) is 7.71. The van der Waals surface area contributed by atoms with Gasteiger partial charge in [0.15, 0.2) is 6.10 Å². The van der Waals surface area contributed by atoms with Gasteiger partial charge in [0.05, 0.1) is 0 Å². The lowest BCUT2D eigenvalue weighted by Crippen LogP contribution is -2.26. The number of rotatable bonds is 6. The number of aryl methyl sites for hydroxylation is 2. The quantitative estimate of drug-likeness (QED) is 0.808. The van der Waals surface area contributed by atoms with E-state index in [-0.39, 0.29) is 5.91 Å². The van der Waals surface area contributed by atoms with Gasteiger partial charge in [-0.25, -0.2) is 0 Å². The number of methoxy groups -OCH3 is 1. The van der Waals surface area contributed by atoms with Crippen LogP contribution in [-0.4, -0.2) is 24.4 Å². The third-order valence-corrected chi connectivity index (χ3v) is 4.04. The van der Waals surface area contributed by atoms with Crippen LogP contribution in [0.15, 0.2) is 42.5 Å². The molecule has 1 amide bonds. The van der Waals surface area contributed by atoms with Gasteiger partial charge in [-0.3, -0.25) is 9.10 Å². The lowest BCUT2D eigenvalue weighted by atomic mass is 10.0. The van der Waals surface area contributed by atoms with Crippen LogP contribution in [0.3, 0.4) is 0 Å². The minimum Gasteiger partial charge on any atom is -0.489 e. The van der Waals surface area contributed by atoms with Gasteiger partial charge in [0.2, 0.25) is 0 Å². The monoisotopic (exact) mass is 345 g/mol. The molecule has 0 bridgehead atoms. The van der Waals surface area contributed by atoms with Crippen molar-refractivity contribution in [2.24, 2.45) is 0 Å². The Morgan fingerprint density at radius 1 is 1.21 bits per heavy atom. The molecule has 0 saturated heterocycles. The van der Waals surface area contributed by atoms with E-state index in [4.69, 9.17) is 9.47 Å². The van der Waals surface area contributed by atoms with Gasteiger partial charge < -0.3 is 9.47 Å². The van der Waals surface area contributed by atoms with Crippen molar-refractivity contribution in [1.82, 2.24) is 4.31 Å². The number of thiol groups is 1. The molecule has 24 heavy (non-hydrogen) atoms. The van der Waals surface area contributed by atoms with Gasteiger partial charge in [0, 0.05) is 14.2 Å². The first-order valence-corrected chi connectivity index (χ1v) is 8.11. The van der Waals surface area contributed by atoms with Crippen LogP contribution in [0, 0.1) is 13.8 Å². The second-order valence-electron chi connectivity index (χ2n) is 5.73. The smallest absolute Gasteiger partial charge is 0.265 e. The number of nitrogens with zero attached hydrogens (tertiary/aromatic N) is 1. The lowest BCUT2D eigenvalue weighted by molar-refractivity contribution is -0.136. The fourth-order valence-corrected chi connectivity index (χ4v) is 2.58. The number of benzene rings is 2. The van der Waals surface area contributed by atoms with Gasteiger partial charge in [-0.15, -0.1) is 0 Å². The summed E-state index contributed by atoms with van der Waals surface area (Å²) in [5.41, 5.74) is 3.92. The van der Waals surface area contributed by atoms with Crippen molar-refractivity contribution in [3.05, 3.63) is 64.7 Å². The SMILES string of the molecule is COC(C(=O)N(C)S)c1ccccc1COc1cc(C)ccc1C. The van der Waals surface area contributed by atoms with E-state index in [0.717, 1.165) is 28.0 Å². The zero-order valence-electron chi connectivity index (χ0n) is 14.4. The van der Waals surface area contributed by atoms with Gasteiger partial charge in [0.25, 0.3) is 5.91 Å². The molecular formula is C19H23NO3S. The number of carbonyl (C=O) groups is 1. The summed E-state index contributed by atoms with van der Waals surface area (Å²) in [6, 6.07) is 13.7. The topological polar surface area (TPSA) is 38.8 Å². The summed E-state index contributed by atoms with van der Waals surface area (Å²) in [4.78, 5) is 12.3. The number of amides is 1. The van der Waals surface area contributed by atoms with Crippen molar-refractivity contribution in [3.63, 3.8) is 0 Å². The molecule has 4 nitrogen and oxygen atoms in total. The van der Waals surface area contributed by atoms with Crippen molar-refractivity contribution in [1.29, 1.82) is 0 Å². The second-order valence-corrected chi connectivity index (χ2v) is 6.33. The number of ether oxygens (including phenoxy) is 2. The van der Waals surface area contributed by atoms with E-state index < -0.39 is 6.10 Å². The van der Waals surface area contributed by atoms with Crippen LogP contribution in [0.1, 0.15) is 28.4 Å². The molecule has 0 saturated carbocycles. The molecule has 0 aliphatic rings. The summed E-state index contributed by atoms with van der Waals surface area (Å²) < 4.78 is 12.6. The molecule has 2 aromatic carbocycles. The van der Waals surface area contributed by atoms with E-state index in [2.05, 4.69) is 18.9 Å². The number of hydrogen-bond acceptors (Lipinski definition) is 4. The zero-order valence-corrected chi connectivity index (χ0v) is 15.3. The van der Waals surface area contributed by atoms with Gasteiger partial charge in [-0.05, 0) is 42.2 Å². The Balaban J connectivity index is 2.25. The highest BCUT2D eigenvalue weighted by molar-refractivity contribution is 7.78. The summed E-state index contributed by atoms with van der Waals surface area (Å²) in [7, 11) is 3.11. The van der Waals surface area contributed by atoms with Crippen LogP contribution < -0.4 is 4.74 Å². The number of carbonyl (C=O) groups excluding carboxylic acids is 1. The van der Waals surface area contributed by atoms with E-state index in [1.54, 1.807) is 7.05 Å². The maximum absolute atomic E-state index is 12.3. The zero-order chi connectivity index (χ0) is 17.7. The first kappa shape index (κ1) is 18.4. The van der Waals surface area contributed by atoms with Crippen molar-refractivity contribution in [2.75, 3.05) is 14.2 Å². The highest BCUT2D eigenvalue weighted by Crippen LogP contribution is 2.26. The van der Waals surface area contributed by atoms with Crippen molar-refractivity contribution >= 4 is 18.7 Å². The van der Waals surface area contributed by atoms with Crippen LogP contribution in [0.25, 0.3) is 0 Å². The highest BCUT2D eigenvalue weighted by Gasteiger charge is 2.24. The van der Waals surface area contributed by atoms with Gasteiger partial charge in [-0.1, -0.05) is 49.2 Å². The molecule has 2 rings (SSSR count). The van der Waals surface area contributed by atoms with E-state index in [1.165, 1.54) is 11.4 Å². The summed E-state index contributed by atoms with van der Waals surface area (Å²) in [5, 5.41) is 0. The van der Waals surface area contributed by atoms with Crippen LogP contribution in [0.5, 0.6) is 5.75 Å². The number of likely N-dealkylation sites (N-methyl/N-ethyl adjacent to an activating group) is 1. The predicted octanol–water partition coefficient (Wildman–Crippen LogP) is 3.87. The van der Waals surface area contributed by atoms with Crippen molar-refractivity contribution in [2.45, 2.75) is 26.6 Å². The molecule has 5 heteroatoms. The molecule has 1 atom stereocenters. The van der Waals surface area contributed by atoms with Crippen LogP contribution >= 0.6 is 12.8 Å². The molecule has 0 fully saturated rings. The fourth-order valence-electron chi connectivity index (χ4n) is 2.47. The number of hydrogen-bond donors (Lipinski definition) is 1. The Morgan fingerprint density at radius 2 is 1.92 bits per heavy atom. The van der Waals surface area contributed by atoms with Crippen LogP contribution in [0.2, 0.25) is 0 Å². The summed E-state index contributed by atoms with van der Waals surface area (Å²) in [6.45, 7) is 4.41. The highest BCUT2D eigenvalue weighted by atomic mass is 32.1. The van der Waals surface area contributed by atoms with E-state index >= 15 is 0 Å². The van der Waals surface area contributed by atoms with E-state index in [1.807, 2.05) is 50.2 Å². The molecule has 0 aromatic heterocycles. The minimum atomic E-state index is -0.703. The minimum absolute atomic E-state index is 0.222. The molecule has 0 heterocycles. The summed E-state index contributed by atoms with van der Waals surface area (Å²) in [5.74, 6) is 0.622. The largest absolute Gasteiger partial charge is 0.489 e. The Labute approximate surface area is 148 Å². The summed E-state index contributed by atoms with van der Waals surface area (Å²) in [6.07, 6.45) is -0.703. The maximum Gasteiger partial charge on any atom is 0.265 e. The Hall–Kier alpha value is -1.98. The van der Waals surface area contributed by atoms with Crippen molar-refractivity contribution in [3.8, 4) is 5.75 Å². The molecule has 0 spiro atoms. The maximum atomic E-state index is 12.3. The molecule has 0 aliphatic carbocycles. The average Bonchev–Trinajstić information content (AvgIpc) is 2.57. The fraction of sp³-hybridized carbons (Fsp3) is 0.316. The molecule has 0 aliphatic heterocycles. The van der Waals surface area contributed by atoms with Gasteiger partial charge in [-0.2, -0.15) is 0 Å². The Kier molecular flexibility index (Phi) is 6.29. The Bertz CT molecular complexity index is 716. The molecular weight excluding hydrogens is 322 g/mol. The van der Waals surface area contributed by atoms with Gasteiger partial charge in [0.1, 0.15) is 12.4 Å². The first-order chi connectivity index (χ1) is 11.4. The van der Waals surface area contributed by atoms with E-state index in [9.17, 15) is 4.79 Å². The Morgan fingerprint density at radius 3 is 2.58 bits per heavy atom. The normalized spacial score (nSPS) is 11.9. The van der Waals surface area contributed by atoms with Gasteiger partial charge >= 0.3 is 0 Å². The van der Waals surface area contributed by atoms with Crippen molar-refractivity contribution < 1.29 is 14.3 Å². The van der Waals surface area contributed by atoms with E-state index in [0.29, 0.717) is 6.61 Å². The average molecular weight is 345 g/mol. The second kappa shape index (κ2) is 8.22. The molecule has 0 N–H and O–H groups in total. The van der Waals surface area contributed by atoms with Crippen LogP contribution in [0.4, 0.5) is 0 Å². The molecule has 0 radical (unpaired) electrons. The summed E-state index contributed by atoms with van der Waals surface area (Å²) >= 11 is 4.08.